The summed E-state index contributed by atoms with van der Waals surface area (Å²) in [7, 11) is 6.61. The zero-order valence-corrected chi connectivity index (χ0v) is 14.4. The molecule has 0 aromatic heterocycles. The van der Waals surface area contributed by atoms with Crippen molar-refractivity contribution in [2.45, 2.75) is 12.5 Å². The van der Waals surface area contributed by atoms with Gasteiger partial charge in [0, 0.05) is 12.6 Å². The highest BCUT2D eigenvalue weighted by molar-refractivity contribution is 5.56. The highest BCUT2D eigenvalue weighted by Gasteiger charge is 2.28. The van der Waals surface area contributed by atoms with E-state index in [9.17, 15) is 0 Å². The molecule has 0 amide bonds. The van der Waals surface area contributed by atoms with Gasteiger partial charge in [-0.15, -0.1) is 0 Å². The van der Waals surface area contributed by atoms with Crippen LogP contribution in [-0.4, -0.2) is 35.0 Å². The summed E-state index contributed by atoms with van der Waals surface area (Å²) in [4.78, 5) is 0. The summed E-state index contributed by atoms with van der Waals surface area (Å²) >= 11 is 0. The van der Waals surface area contributed by atoms with Crippen LogP contribution < -0.4 is 24.3 Å². The maximum atomic E-state index is 5.56. The molecular formula is C19H22NO4. The SMILES string of the molecule is COc1[c]ccc(OC)c1C1NCCc2cc(OC)c(OC)cc21. The van der Waals surface area contributed by atoms with E-state index in [1.54, 1.807) is 34.5 Å². The van der Waals surface area contributed by atoms with Gasteiger partial charge in [-0.1, -0.05) is 0 Å². The Balaban J connectivity index is 2.17. The van der Waals surface area contributed by atoms with Gasteiger partial charge in [0.05, 0.1) is 40.0 Å². The standard InChI is InChI=1S/C19H22NO4/c1-21-14-6-5-7-15(22-2)18(14)19-13-11-17(24-4)16(23-3)10-12(13)8-9-20-19/h5-6,10-11,19-20H,8-9H2,1-4H3. The molecule has 1 atom stereocenters. The molecule has 0 spiro atoms. The van der Waals surface area contributed by atoms with Gasteiger partial charge in [0.1, 0.15) is 11.5 Å². The summed E-state index contributed by atoms with van der Waals surface area (Å²) in [6, 6.07) is 10.9. The number of rotatable bonds is 5. The lowest BCUT2D eigenvalue weighted by Gasteiger charge is -2.30. The molecule has 0 saturated carbocycles. The number of benzene rings is 2. The van der Waals surface area contributed by atoms with Crippen LogP contribution in [-0.2, 0) is 6.42 Å². The number of nitrogens with one attached hydrogen (secondary N) is 1. The van der Waals surface area contributed by atoms with E-state index in [4.69, 9.17) is 18.9 Å². The van der Waals surface area contributed by atoms with Gasteiger partial charge in [-0.05, 0) is 41.8 Å². The van der Waals surface area contributed by atoms with Crippen LogP contribution in [0, 0.1) is 6.07 Å². The van der Waals surface area contributed by atoms with Crippen LogP contribution in [0.25, 0.3) is 0 Å². The molecule has 5 heteroatoms. The molecule has 1 aliphatic heterocycles. The second kappa shape index (κ2) is 7.01. The third-order valence-corrected chi connectivity index (χ3v) is 4.37. The van der Waals surface area contributed by atoms with Crippen LogP contribution in [0.5, 0.6) is 23.0 Å². The fraction of sp³-hybridized carbons (Fsp3) is 0.368. The van der Waals surface area contributed by atoms with Gasteiger partial charge < -0.3 is 24.3 Å². The summed E-state index contributed by atoms with van der Waals surface area (Å²) in [5.41, 5.74) is 3.30. The topological polar surface area (TPSA) is 49.0 Å². The molecule has 1 N–H and O–H groups in total. The zero-order valence-electron chi connectivity index (χ0n) is 14.4. The third-order valence-electron chi connectivity index (χ3n) is 4.37. The minimum Gasteiger partial charge on any atom is -0.496 e. The van der Waals surface area contributed by atoms with E-state index < -0.39 is 0 Å². The Labute approximate surface area is 142 Å². The molecule has 0 bridgehead atoms. The van der Waals surface area contributed by atoms with Crippen LogP contribution in [0.4, 0.5) is 0 Å². The Morgan fingerprint density at radius 2 is 1.67 bits per heavy atom. The lowest BCUT2D eigenvalue weighted by atomic mass is 9.88. The molecule has 1 radical (unpaired) electrons. The van der Waals surface area contributed by atoms with E-state index in [1.807, 2.05) is 18.2 Å². The summed E-state index contributed by atoms with van der Waals surface area (Å²) in [6.45, 7) is 0.856. The smallest absolute Gasteiger partial charge is 0.161 e. The van der Waals surface area contributed by atoms with E-state index in [1.165, 1.54) is 5.56 Å². The van der Waals surface area contributed by atoms with Crippen LogP contribution in [0.1, 0.15) is 22.7 Å². The van der Waals surface area contributed by atoms with Crippen molar-refractivity contribution in [2.24, 2.45) is 0 Å². The maximum Gasteiger partial charge on any atom is 0.161 e. The highest BCUT2D eigenvalue weighted by atomic mass is 16.5. The van der Waals surface area contributed by atoms with Gasteiger partial charge >= 0.3 is 0 Å². The molecule has 5 nitrogen and oxygen atoms in total. The summed E-state index contributed by atoms with van der Waals surface area (Å²) in [6.07, 6.45) is 0.924. The molecule has 0 saturated heterocycles. The molecule has 24 heavy (non-hydrogen) atoms. The van der Waals surface area contributed by atoms with Gasteiger partial charge in [-0.2, -0.15) is 0 Å². The number of methoxy groups -OCH3 is 4. The maximum absolute atomic E-state index is 5.56. The summed E-state index contributed by atoms with van der Waals surface area (Å²) in [5, 5.41) is 3.55. The first-order valence-electron chi connectivity index (χ1n) is 7.84. The lowest BCUT2D eigenvalue weighted by molar-refractivity contribution is 0.351. The lowest BCUT2D eigenvalue weighted by Crippen LogP contribution is -2.31. The van der Waals surface area contributed by atoms with Crippen LogP contribution in [0.3, 0.4) is 0 Å². The third kappa shape index (κ3) is 2.76. The first-order chi connectivity index (χ1) is 11.7. The second-order valence-corrected chi connectivity index (χ2v) is 5.54. The summed E-state index contributed by atoms with van der Waals surface area (Å²) in [5.74, 6) is 2.90. The van der Waals surface area contributed by atoms with Crippen molar-refractivity contribution in [3.05, 3.63) is 47.0 Å². The minimum absolute atomic E-state index is 0.0593. The molecule has 2 aromatic rings. The largest absolute Gasteiger partial charge is 0.496 e. The van der Waals surface area contributed by atoms with E-state index in [0.717, 1.165) is 35.6 Å². The van der Waals surface area contributed by atoms with Crippen molar-refractivity contribution in [2.75, 3.05) is 35.0 Å². The number of ether oxygens (including phenoxy) is 4. The van der Waals surface area contributed by atoms with Crippen molar-refractivity contribution >= 4 is 0 Å². The Hall–Kier alpha value is -2.40. The normalized spacial score (nSPS) is 16.2. The van der Waals surface area contributed by atoms with Gasteiger partial charge in [0.25, 0.3) is 0 Å². The van der Waals surface area contributed by atoms with Crippen LogP contribution in [0.15, 0.2) is 24.3 Å². The summed E-state index contributed by atoms with van der Waals surface area (Å²) < 4.78 is 22.0. The van der Waals surface area contributed by atoms with Crippen LogP contribution in [0.2, 0.25) is 0 Å². The number of fused-ring (bicyclic) bond motifs is 1. The van der Waals surface area contributed by atoms with E-state index >= 15 is 0 Å². The van der Waals surface area contributed by atoms with E-state index in [0.29, 0.717) is 11.5 Å². The average molecular weight is 328 g/mol. The van der Waals surface area contributed by atoms with Gasteiger partial charge in [-0.25, -0.2) is 0 Å². The van der Waals surface area contributed by atoms with E-state index in [2.05, 4.69) is 11.4 Å². The Kier molecular flexibility index (Phi) is 4.81. The van der Waals surface area contributed by atoms with Gasteiger partial charge in [-0.3, -0.25) is 0 Å². The fourth-order valence-electron chi connectivity index (χ4n) is 3.23. The molecule has 1 aliphatic rings. The van der Waals surface area contributed by atoms with Crippen molar-refractivity contribution in [1.82, 2.24) is 5.32 Å². The van der Waals surface area contributed by atoms with Crippen LogP contribution >= 0.6 is 0 Å². The molecule has 0 aliphatic carbocycles. The Bertz CT molecular complexity index is 707. The molecular weight excluding hydrogens is 306 g/mol. The van der Waals surface area contributed by atoms with Crippen molar-refractivity contribution in [1.29, 1.82) is 0 Å². The Morgan fingerprint density at radius 1 is 0.958 bits per heavy atom. The van der Waals surface area contributed by atoms with Crippen molar-refractivity contribution < 1.29 is 18.9 Å². The zero-order chi connectivity index (χ0) is 17.1. The highest BCUT2D eigenvalue weighted by Crippen LogP contribution is 2.42. The van der Waals surface area contributed by atoms with Gasteiger partial charge in [0.2, 0.25) is 0 Å². The monoisotopic (exact) mass is 328 g/mol. The second-order valence-electron chi connectivity index (χ2n) is 5.54. The molecule has 3 rings (SSSR count). The predicted molar refractivity (Wildman–Crippen MR) is 91.5 cm³/mol. The molecule has 1 heterocycles. The van der Waals surface area contributed by atoms with Crippen molar-refractivity contribution in [3.63, 3.8) is 0 Å². The van der Waals surface area contributed by atoms with Gasteiger partial charge in [0.15, 0.2) is 11.5 Å². The average Bonchev–Trinajstić information content (AvgIpc) is 2.65. The molecule has 1 unspecified atom stereocenters. The molecule has 2 aromatic carbocycles. The predicted octanol–water partition coefficient (Wildman–Crippen LogP) is 2.76. The first kappa shape index (κ1) is 16.5. The fourth-order valence-corrected chi connectivity index (χ4v) is 3.23. The quantitative estimate of drug-likeness (QED) is 0.914. The Morgan fingerprint density at radius 3 is 2.33 bits per heavy atom. The minimum atomic E-state index is -0.0593. The first-order valence-corrected chi connectivity index (χ1v) is 7.84. The van der Waals surface area contributed by atoms with E-state index in [-0.39, 0.29) is 6.04 Å². The number of hydrogen-bond acceptors (Lipinski definition) is 5. The number of hydrogen-bond donors (Lipinski definition) is 1. The molecule has 0 fully saturated rings. The van der Waals surface area contributed by atoms with Crippen molar-refractivity contribution in [3.8, 4) is 23.0 Å². The molecule has 127 valence electrons.